The average molecular weight is 208 g/mol. The summed E-state index contributed by atoms with van der Waals surface area (Å²) >= 11 is 0. The smallest absolute Gasteiger partial charge is 0.223 e. The van der Waals surface area contributed by atoms with Crippen LogP contribution in [0.1, 0.15) is 37.5 Å². The Hall–Kier alpha value is -1.23. The van der Waals surface area contributed by atoms with Gasteiger partial charge in [0, 0.05) is 13.5 Å². The maximum absolute atomic E-state index is 5.63. The molecule has 1 fully saturated rings. The van der Waals surface area contributed by atoms with Crippen LogP contribution in [0.2, 0.25) is 0 Å². The number of rotatable bonds is 4. The number of nitrogens with zero attached hydrogens (tertiary/aromatic N) is 3. The summed E-state index contributed by atoms with van der Waals surface area (Å²) in [5.74, 6) is 2.27. The van der Waals surface area contributed by atoms with Crippen LogP contribution in [0.3, 0.4) is 0 Å². The predicted octanol–water partition coefficient (Wildman–Crippen LogP) is 1.11. The highest BCUT2D eigenvalue weighted by Crippen LogP contribution is 2.41. The van der Waals surface area contributed by atoms with E-state index in [1.165, 1.54) is 12.8 Å². The Morgan fingerprint density at radius 2 is 2.13 bits per heavy atom. The monoisotopic (exact) mass is 208 g/mol. The molecule has 1 aromatic rings. The van der Waals surface area contributed by atoms with Gasteiger partial charge in [-0.25, -0.2) is 4.98 Å². The Bertz CT molecular complexity index is 351. The number of nitrogens with two attached hydrogens (primary N) is 1. The number of nitrogen functional groups attached to an aromatic ring is 1. The van der Waals surface area contributed by atoms with Gasteiger partial charge >= 0.3 is 0 Å². The van der Waals surface area contributed by atoms with Gasteiger partial charge in [0.2, 0.25) is 5.95 Å². The van der Waals surface area contributed by atoms with Crippen LogP contribution in [0.25, 0.3) is 0 Å². The van der Waals surface area contributed by atoms with Crippen molar-refractivity contribution >= 4 is 5.95 Å². The zero-order valence-electron chi connectivity index (χ0n) is 9.10. The Morgan fingerprint density at radius 1 is 1.40 bits per heavy atom. The van der Waals surface area contributed by atoms with E-state index in [1.54, 1.807) is 7.11 Å². The number of aromatic nitrogens is 3. The van der Waals surface area contributed by atoms with E-state index >= 15 is 0 Å². The maximum Gasteiger partial charge on any atom is 0.223 e. The molecule has 1 saturated carbocycles. The van der Waals surface area contributed by atoms with Crippen molar-refractivity contribution in [3.05, 3.63) is 11.6 Å². The van der Waals surface area contributed by atoms with E-state index in [1.807, 2.05) is 6.92 Å². The van der Waals surface area contributed by atoms with Crippen molar-refractivity contribution in [2.45, 2.75) is 32.3 Å². The first kappa shape index (κ1) is 10.3. The van der Waals surface area contributed by atoms with E-state index in [4.69, 9.17) is 10.5 Å². The topological polar surface area (TPSA) is 73.9 Å². The van der Waals surface area contributed by atoms with Gasteiger partial charge in [0.15, 0.2) is 5.82 Å². The first-order valence-corrected chi connectivity index (χ1v) is 5.27. The van der Waals surface area contributed by atoms with Crippen LogP contribution in [0.5, 0.6) is 0 Å². The Kier molecular flexibility index (Phi) is 2.81. The van der Waals surface area contributed by atoms with E-state index in [0.717, 1.165) is 12.2 Å². The van der Waals surface area contributed by atoms with Gasteiger partial charge < -0.3 is 10.5 Å². The highest BCUT2D eigenvalue weighted by molar-refractivity contribution is 5.17. The van der Waals surface area contributed by atoms with Crippen LogP contribution in [0, 0.1) is 5.92 Å². The van der Waals surface area contributed by atoms with Crippen molar-refractivity contribution in [1.29, 1.82) is 0 Å². The summed E-state index contributed by atoms with van der Waals surface area (Å²) in [5, 5.41) is 0. The molecular formula is C10H16N4O. The Labute approximate surface area is 89.1 Å². The van der Waals surface area contributed by atoms with Crippen LogP contribution in [0.4, 0.5) is 5.95 Å². The van der Waals surface area contributed by atoms with Crippen LogP contribution in [0.15, 0.2) is 0 Å². The largest absolute Gasteiger partial charge is 0.373 e. The second-order valence-corrected chi connectivity index (χ2v) is 3.82. The fraction of sp³-hybridized carbons (Fsp3) is 0.700. The molecule has 1 atom stereocenters. The second kappa shape index (κ2) is 4.10. The molecule has 2 rings (SSSR count). The molecule has 0 saturated heterocycles. The van der Waals surface area contributed by atoms with Crippen molar-refractivity contribution in [2.75, 3.05) is 12.8 Å². The third-order valence-electron chi connectivity index (χ3n) is 2.59. The molecule has 0 aromatic carbocycles. The van der Waals surface area contributed by atoms with Gasteiger partial charge in [-0.2, -0.15) is 9.97 Å². The molecule has 0 spiro atoms. The highest BCUT2D eigenvalue weighted by Gasteiger charge is 2.34. The Balaban J connectivity index is 2.28. The number of anilines is 1. The number of ether oxygens (including phenoxy) is 1. The van der Waals surface area contributed by atoms with Gasteiger partial charge in [0.1, 0.15) is 11.9 Å². The van der Waals surface area contributed by atoms with Crippen molar-refractivity contribution < 1.29 is 4.74 Å². The molecular weight excluding hydrogens is 192 g/mol. The molecule has 82 valence electrons. The molecule has 0 aliphatic heterocycles. The van der Waals surface area contributed by atoms with Gasteiger partial charge in [-0.1, -0.05) is 6.92 Å². The number of aryl methyl sites for hydroxylation is 1. The quantitative estimate of drug-likeness (QED) is 0.802. The lowest BCUT2D eigenvalue weighted by atomic mass is 10.2. The SMILES string of the molecule is CCc1nc(N)nc(C(OC)C2CC2)n1. The predicted molar refractivity (Wildman–Crippen MR) is 56.1 cm³/mol. The summed E-state index contributed by atoms with van der Waals surface area (Å²) in [4.78, 5) is 12.6. The van der Waals surface area contributed by atoms with E-state index in [2.05, 4.69) is 15.0 Å². The van der Waals surface area contributed by atoms with Crippen LogP contribution in [-0.2, 0) is 11.2 Å². The molecule has 0 radical (unpaired) electrons. The lowest BCUT2D eigenvalue weighted by molar-refractivity contribution is 0.0769. The van der Waals surface area contributed by atoms with Crippen LogP contribution >= 0.6 is 0 Å². The average Bonchev–Trinajstić information content (AvgIpc) is 3.02. The van der Waals surface area contributed by atoms with Crippen molar-refractivity contribution in [3.8, 4) is 0 Å². The van der Waals surface area contributed by atoms with Gasteiger partial charge in [0.25, 0.3) is 0 Å². The van der Waals surface area contributed by atoms with Crippen LogP contribution in [-0.4, -0.2) is 22.1 Å². The van der Waals surface area contributed by atoms with E-state index < -0.39 is 0 Å². The zero-order valence-corrected chi connectivity index (χ0v) is 9.10. The molecule has 2 N–H and O–H groups in total. The van der Waals surface area contributed by atoms with Gasteiger partial charge in [-0.05, 0) is 18.8 Å². The van der Waals surface area contributed by atoms with Crippen molar-refractivity contribution in [1.82, 2.24) is 15.0 Å². The third kappa shape index (κ3) is 2.23. The summed E-state index contributed by atoms with van der Waals surface area (Å²) in [7, 11) is 1.69. The molecule has 5 nitrogen and oxygen atoms in total. The molecule has 1 aromatic heterocycles. The Morgan fingerprint density at radius 3 is 2.67 bits per heavy atom. The van der Waals surface area contributed by atoms with E-state index in [0.29, 0.717) is 17.7 Å². The fourth-order valence-corrected chi connectivity index (χ4v) is 1.65. The number of hydrogen-bond acceptors (Lipinski definition) is 5. The van der Waals surface area contributed by atoms with E-state index in [9.17, 15) is 0 Å². The minimum Gasteiger partial charge on any atom is -0.373 e. The molecule has 1 unspecified atom stereocenters. The van der Waals surface area contributed by atoms with E-state index in [-0.39, 0.29) is 6.10 Å². The molecule has 0 amide bonds. The normalized spacial score (nSPS) is 17.7. The zero-order chi connectivity index (χ0) is 10.8. The minimum atomic E-state index is -0.0133. The molecule has 0 bridgehead atoms. The first-order chi connectivity index (χ1) is 7.24. The summed E-state index contributed by atoms with van der Waals surface area (Å²) in [6.45, 7) is 2.00. The lowest BCUT2D eigenvalue weighted by Crippen LogP contribution is -2.13. The molecule has 5 heteroatoms. The third-order valence-corrected chi connectivity index (χ3v) is 2.59. The fourth-order valence-electron chi connectivity index (χ4n) is 1.65. The molecule has 1 aliphatic rings. The standard InChI is InChI=1S/C10H16N4O/c1-3-7-12-9(14-10(11)13-7)8(15-2)6-4-5-6/h6,8H,3-5H2,1-2H3,(H2,11,12,13,14). The minimum absolute atomic E-state index is 0.0133. The summed E-state index contributed by atoms with van der Waals surface area (Å²) in [6, 6.07) is 0. The first-order valence-electron chi connectivity index (χ1n) is 5.27. The number of methoxy groups -OCH3 is 1. The number of hydrogen-bond donors (Lipinski definition) is 1. The van der Waals surface area contributed by atoms with Crippen molar-refractivity contribution in [3.63, 3.8) is 0 Å². The molecule has 1 heterocycles. The van der Waals surface area contributed by atoms with Crippen molar-refractivity contribution in [2.24, 2.45) is 5.92 Å². The summed E-state index contributed by atoms with van der Waals surface area (Å²) in [6.07, 6.45) is 3.12. The van der Waals surface area contributed by atoms with Crippen LogP contribution < -0.4 is 5.73 Å². The lowest BCUT2D eigenvalue weighted by Gasteiger charge is -2.13. The van der Waals surface area contributed by atoms with Gasteiger partial charge in [-0.3, -0.25) is 0 Å². The maximum atomic E-state index is 5.63. The molecule has 1 aliphatic carbocycles. The molecule has 15 heavy (non-hydrogen) atoms. The van der Waals surface area contributed by atoms with Gasteiger partial charge in [0.05, 0.1) is 0 Å². The summed E-state index contributed by atoms with van der Waals surface area (Å²) in [5.41, 5.74) is 5.63. The second-order valence-electron chi connectivity index (χ2n) is 3.82. The summed E-state index contributed by atoms with van der Waals surface area (Å²) < 4.78 is 5.41. The highest BCUT2D eigenvalue weighted by atomic mass is 16.5. The van der Waals surface area contributed by atoms with Gasteiger partial charge in [-0.15, -0.1) is 0 Å².